The van der Waals surface area contributed by atoms with Gasteiger partial charge in [-0.3, -0.25) is 0 Å². The van der Waals surface area contributed by atoms with Gasteiger partial charge in [-0.05, 0) is 19.1 Å². The second-order valence-corrected chi connectivity index (χ2v) is 2.73. The molecule has 0 aliphatic heterocycles. The van der Waals surface area contributed by atoms with E-state index in [0.717, 1.165) is 0 Å². The number of nitrogens with one attached hydrogen (secondary N) is 1. The molecule has 1 aromatic carbocycles. The number of ether oxygens (including phenoxy) is 1. The van der Waals surface area contributed by atoms with Crippen LogP contribution >= 0.6 is 0 Å². The van der Waals surface area contributed by atoms with Crippen molar-refractivity contribution in [3.8, 4) is 11.5 Å². The highest BCUT2D eigenvalue weighted by Gasteiger charge is 2.09. The quantitative estimate of drug-likeness (QED) is 0.702. The molecule has 0 fully saturated rings. The largest absolute Gasteiger partial charge is 0.507 e. The summed E-state index contributed by atoms with van der Waals surface area (Å²) in [6, 6.07) is 4.64. The summed E-state index contributed by atoms with van der Waals surface area (Å²) in [7, 11) is 1.53. The fourth-order valence-corrected chi connectivity index (χ4v) is 1.07. The highest BCUT2D eigenvalue weighted by atomic mass is 16.5. The minimum Gasteiger partial charge on any atom is -0.507 e. The molecule has 13 heavy (non-hydrogen) atoms. The molecule has 4 heteroatoms. The number of phenolic OH excluding ortho intramolecular Hbond substituents is 1. The SMILES string of the molecule is COc1ccc(C(C)N=N)c(O)c1. The van der Waals surface area contributed by atoms with Crippen LogP contribution in [0.1, 0.15) is 18.5 Å². The molecule has 0 aliphatic rings. The summed E-state index contributed by atoms with van der Waals surface area (Å²) in [6.07, 6.45) is 0. The Labute approximate surface area is 76.7 Å². The van der Waals surface area contributed by atoms with Crippen molar-refractivity contribution in [2.75, 3.05) is 7.11 Å². The number of aromatic hydroxyl groups is 1. The molecule has 1 unspecified atom stereocenters. The van der Waals surface area contributed by atoms with Crippen molar-refractivity contribution in [3.05, 3.63) is 23.8 Å². The topological polar surface area (TPSA) is 65.7 Å². The van der Waals surface area contributed by atoms with Gasteiger partial charge in [-0.1, -0.05) is 0 Å². The maximum atomic E-state index is 9.50. The van der Waals surface area contributed by atoms with Crippen molar-refractivity contribution in [3.63, 3.8) is 0 Å². The van der Waals surface area contributed by atoms with E-state index >= 15 is 0 Å². The predicted molar refractivity (Wildman–Crippen MR) is 48.2 cm³/mol. The van der Waals surface area contributed by atoms with Gasteiger partial charge in [0.1, 0.15) is 11.5 Å². The van der Waals surface area contributed by atoms with E-state index in [9.17, 15) is 5.11 Å². The number of benzene rings is 1. The zero-order valence-corrected chi connectivity index (χ0v) is 7.61. The molecule has 0 heterocycles. The first-order valence-corrected chi connectivity index (χ1v) is 3.92. The Morgan fingerprint density at radius 1 is 1.54 bits per heavy atom. The Hall–Kier alpha value is -1.58. The summed E-state index contributed by atoms with van der Waals surface area (Å²) in [4.78, 5) is 0. The van der Waals surface area contributed by atoms with E-state index in [-0.39, 0.29) is 11.8 Å². The lowest BCUT2D eigenvalue weighted by molar-refractivity contribution is 0.405. The van der Waals surface area contributed by atoms with Crippen LogP contribution in [0.3, 0.4) is 0 Å². The minimum atomic E-state index is -0.314. The summed E-state index contributed by atoms with van der Waals surface area (Å²) in [5.41, 5.74) is 7.46. The molecule has 0 aliphatic carbocycles. The second kappa shape index (κ2) is 3.89. The van der Waals surface area contributed by atoms with E-state index in [1.54, 1.807) is 19.1 Å². The lowest BCUT2D eigenvalue weighted by atomic mass is 10.1. The maximum absolute atomic E-state index is 9.50. The smallest absolute Gasteiger partial charge is 0.124 e. The average molecular weight is 180 g/mol. The van der Waals surface area contributed by atoms with Crippen molar-refractivity contribution < 1.29 is 9.84 Å². The van der Waals surface area contributed by atoms with Crippen LogP contribution in [0, 0.1) is 5.53 Å². The lowest BCUT2D eigenvalue weighted by Gasteiger charge is -2.08. The molecular formula is C9H12N2O2. The molecule has 0 saturated carbocycles. The van der Waals surface area contributed by atoms with Gasteiger partial charge in [-0.15, -0.1) is 0 Å². The van der Waals surface area contributed by atoms with Gasteiger partial charge in [0.25, 0.3) is 0 Å². The van der Waals surface area contributed by atoms with Gasteiger partial charge >= 0.3 is 0 Å². The first-order valence-electron chi connectivity index (χ1n) is 3.92. The number of nitrogens with zero attached hydrogens (tertiary/aromatic N) is 1. The summed E-state index contributed by atoms with van der Waals surface area (Å²) in [6.45, 7) is 1.74. The third-order valence-electron chi connectivity index (χ3n) is 1.88. The average Bonchev–Trinajstić information content (AvgIpc) is 2.16. The highest BCUT2D eigenvalue weighted by molar-refractivity contribution is 5.41. The number of rotatable bonds is 3. The Kier molecular flexibility index (Phi) is 2.84. The van der Waals surface area contributed by atoms with Crippen molar-refractivity contribution >= 4 is 0 Å². The third kappa shape index (κ3) is 1.96. The highest BCUT2D eigenvalue weighted by Crippen LogP contribution is 2.29. The molecule has 70 valence electrons. The van der Waals surface area contributed by atoms with Crippen molar-refractivity contribution in [1.82, 2.24) is 0 Å². The van der Waals surface area contributed by atoms with Crippen LogP contribution in [0.2, 0.25) is 0 Å². The van der Waals surface area contributed by atoms with Gasteiger partial charge < -0.3 is 9.84 Å². The molecule has 2 N–H and O–H groups in total. The van der Waals surface area contributed by atoms with Crippen LogP contribution in [-0.2, 0) is 0 Å². The minimum absolute atomic E-state index is 0.114. The molecule has 1 atom stereocenters. The first-order chi connectivity index (χ1) is 6.19. The standard InChI is InChI=1S/C9H12N2O2/c1-6(11-10)8-4-3-7(13-2)5-9(8)12/h3-6,10,12H,1-2H3. The first kappa shape index (κ1) is 9.51. The van der Waals surface area contributed by atoms with Crippen molar-refractivity contribution in [1.29, 1.82) is 5.53 Å². The van der Waals surface area contributed by atoms with Crippen LogP contribution in [0.15, 0.2) is 23.3 Å². The van der Waals surface area contributed by atoms with E-state index in [4.69, 9.17) is 10.3 Å². The molecule has 4 nitrogen and oxygen atoms in total. The number of phenols is 1. The number of hydrogen-bond acceptors (Lipinski definition) is 4. The van der Waals surface area contributed by atoms with E-state index in [0.29, 0.717) is 11.3 Å². The molecule has 1 rings (SSSR count). The second-order valence-electron chi connectivity index (χ2n) is 2.73. The summed E-state index contributed by atoms with van der Waals surface area (Å²) in [5, 5.41) is 12.8. The molecule has 0 bridgehead atoms. The summed E-state index contributed by atoms with van der Waals surface area (Å²) in [5.74, 6) is 0.710. The fraction of sp³-hybridized carbons (Fsp3) is 0.333. The van der Waals surface area contributed by atoms with Crippen LogP contribution < -0.4 is 4.74 Å². The van der Waals surface area contributed by atoms with Crippen LogP contribution in [-0.4, -0.2) is 12.2 Å². The van der Waals surface area contributed by atoms with Crippen molar-refractivity contribution in [2.45, 2.75) is 13.0 Å². The van der Waals surface area contributed by atoms with E-state index in [1.165, 1.54) is 13.2 Å². The van der Waals surface area contributed by atoms with Gasteiger partial charge in [-0.2, -0.15) is 5.11 Å². The molecule has 1 aromatic rings. The Bertz CT molecular complexity index is 312. The Morgan fingerprint density at radius 3 is 2.69 bits per heavy atom. The molecule has 0 spiro atoms. The van der Waals surface area contributed by atoms with Crippen molar-refractivity contribution in [2.24, 2.45) is 5.11 Å². The monoisotopic (exact) mass is 180 g/mol. The Morgan fingerprint density at radius 2 is 2.23 bits per heavy atom. The molecule has 0 amide bonds. The van der Waals surface area contributed by atoms with E-state index in [1.807, 2.05) is 0 Å². The molecule has 0 saturated heterocycles. The number of hydrogen-bond donors (Lipinski definition) is 2. The zero-order valence-electron chi connectivity index (χ0n) is 7.61. The maximum Gasteiger partial charge on any atom is 0.124 e. The summed E-state index contributed by atoms with van der Waals surface area (Å²) >= 11 is 0. The predicted octanol–water partition coefficient (Wildman–Crippen LogP) is 2.49. The van der Waals surface area contributed by atoms with E-state index < -0.39 is 0 Å². The van der Waals surface area contributed by atoms with E-state index in [2.05, 4.69) is 5.11 Å². The normalized spacial score (nSPS) is 12.2. The summed E-state index contributed by atoms with van der Waals surface area (Å²) < 4.78 is 4.93. The van der Waals surface area contributed by atoms with Gasteiger partial charge in [-0.25, -0.2) is 5.53 Å². The van der Waals surface area contributed by atoms with Gasteiger partial charge in [0.2, 0.25) is 0 Å². The zero-order chi connectivity index (χ0) is 9.84. The van der Waals surface area contributed by atoms with Gasteiger partial charge in [0.05, 0.1) is 13.2 Å². The molecular weight excluding hydrogens is 168 g/mol. The fourth-order valence-electron chi connectivity index (χ4n) is 1.07. The van der Waals surface area contributed by atoms with Gasteiger partial charge in [0.15, 0.2) is 0 Å². The van der Waals surface area contributed by atoms with Crippen LogP contribution in [0.4, 0.5) is 0 Å². The van der Waals surface area contributed by atoms with Gasteiger partial charge in [0, 0.05) is 11.6 Å². The third-order valence-corrected chi connectivity index (χ3v) is 1.88. The molecule has 0 aromatic heterocycles. The molecule has 0 radical (unpaired) electrons. The van der Waals surface area contributed by atoms with Crippen LogP contribution in [0.25, 0.3) is 0 Å². The lowest BCUT2D eigenvalue weighted by Crippen LogP contribution is -1.90. The Balaban J connectivity index is 3.04. The van der Waals surface area contributed by atoms with Crippen LogP contribution in [0.5, 0.6) is 11.5 Å². The number of methoxy groups -OCH3 is 1.